The molecule has 19 heavy (non-hydrogen) atoms. The molecule has 0 aliphatic heterocycles. The quantitative estimate of drug-likeness (QED) is 0.882. The van der Waals surface area contributed by atoms with E-state index in [0.29, 0.717) is 23.4 Å². The molecule has 0 heterocycles. The van der Waals surface area contributed by atoms with Gasteiger partial charge in [-0.2, -0.15) is 0 Å². The maximum atomic E-state index is 6.48. The molecule has 2 N–H and O–H groups in total. The third-order valence-corrected chi connectivity index (χ3v) is 5.75. The highest BCUT2D eigenvalue weighted by atomic mass is 79.9. The van der Waals surface area contributed by atoms with E-state index in [-0.39, 0.29) is 6.04 Å². The minimum absolute atomic E-state index is 0.0805. The van der Waals surface area contributed by atoms with Gasteiger partial charge >= 0.3 is 0 Å². The van der Waals surface area contributed by atoms with Gasteiger partial charge in [0.15, 0.2) is 0 Å². The number of hydrogen-bond donors (Lipinski definition) is 1. The second-order valence-electron chi connectivity index (χ2n) is 6.57. The first-order valence-electron chi connectivity index (χ1n) is 6.91. The number of ether oxygens (including phenoxy) is 1. The normalized spacial score (nSPS) is 22.1. The van der Waals surface area contributed by atoms with Crippen LogP contribution in [0, 0.1) is 16.7 Å². The van der Waals surface area contributed by atoms with E-state index in [1.54, 1.807) is 0 Å². The molecule has 1 atom stereocenters. The molecule has 0 bridgehead atoms. The third-order valence-electron chi connectivity index (χ3n) is 5.13. The topological polar surface area (TPSA) is 35.2 Å². The van der Waals surface area contributed by atoms with Crippen molar-refractivity contribution in [1.29, 1.82) is 0 Å². The summed E-state index contributed by atoms with van der Waals surface area (Å²) >= 11 is 3.56. The number of halogens is 1. The number of benzene rings is 1. The van der Waals surface area contributed by atoms with Crippen LogP contribution < -0.4 is 10.5 Å². The minimum Gasteiger partial charge on any atom is -0.493 e. The Morgan fingerprint density at radius 2 is 1.84 bits per heavy atom. The second kappa shape index (κ2) is 4.78. The van der Waals surface area contributed by atoms with Gasteiger partial charge in [0, 0.05) is 6.04 Å². The maximum Gasteiger partial charge on any atom is 0.133 e. The van der Waals surface area contributed by atoms with E-state index >= 15 is 0 Å². The zero-order chi connectivity index (χ0) is 14.4. The molecule has 0 radical (unpaired) electrons. The van der Waals surface area contributed by atoms with Crippen molar-refractivity contribution in [2.75, 3.05) is 6.61 Å². The summed E-state index contributed by atoms with van der Waals surface area (Å²) in [5.41, 5.74) is 8.27. The van der Waals surface area contributed by atoms with Crippen LogP contribution in [-0.2, 0) is 0 Å². The first-order chi connectivity index (χ1) is 8.73. The minimum atomic E-state index is 0.0805. The smallest absolute Gasteiger partial charge is 0.133 e. The fourth-order valence-corrected chi connectivity index (χ4v) is 3.85. The van der Waals surface area contributed by atoms with Crippen LogP contribution >= 0.6 is 15.9 Å². The van der Waals surface area contributed by atoms with Gasteiger partial charge in [-0.1, -0.05) is 33.8 Å². The summed E-state index contributed by atoms with van der Waals surface area (Å²) in [6, 6.07) is 6.27. The van der Waals surface area contributed by atoms with Crippen molar-refractivity contribution < 1.29 is 4.74 Å². The standard InChI is InChI=1S/C16H24BrNO/c1-6-19-12-8-7-10(9-11(12)17)13(18)14-15(2,3)16(14,4)5/h7-9,13-14H,6,18H2,1-5H3. The van der Waals surface area contributed by atoms with Crippen molar-refractivity contribution in [2.45, 2.75) is 40.7 Å². The van der Waals surface area contributed by atoms with Crippen molar-refractivity contribution in [1.82, 2.24) is 0 Å². The molecule has 0 spiro atoms. The molecule has 0 saturated heterocycles. The third kappa shape index (κ3) is 2.31. The fraction of sp³-hybridized carbons (Fsp3) is 0.625. The van der Waals surface area contributed by atoms with Gasteiger partial charge in [-0.3, -0.25) is 0 Å². The maximum absolute atomic E-state index is 6.48. The summed E-state index contributed by atoms with van der Waals surface area (Å²) in [6.45, 7) is 11.9. The summed E-state index contributed by atoms with van der Waals surface area (Å²) in [4.78, 5) is 0. The molecule has 0 amide bonds. The highest BCUT2D eigenvalue weighted by Gasteiger charge is 2.66. The predicted molar refractivity (Wildman–Crippen MR) is 83.3 cm³/mol. The molecule has 1 aliphatic carbocycles. The molecule has 0 aromatic heterocycles. The zero-order valence-electron chi connectivity index (χ0n) is 12.5. The van der Waals surface area contributed by atoms with Crippen molar-refractivity contribution >= 4 is 15.9 Å². The molecule has 1 aromatic carbocycles. The summed E-state index contributed by atoms with van der Waals surface area (Å²) in [5, 5.41) is 0. The molecule has 3 heteroatoms. The fourth-order valence-electron chi connectivity index (χ4n) is 3.33. The largest absolute Gasteiger partial charge is 0.493 e. The van der Waals surface area contributed by atoms with Gasteiger partial charge in [0.25, 0.3) is 0 Å². The van der Waals surface area contributed by atoms with Gasteiger partial charge in [-0.15, -0.1) is 0 Å². The van der Waals surface area contributed by atoms with Gasteiger partial charge in [0.2, 0.25) is 0 Å². The molecule has 2 nitrogen and oxygen atoms in total. The summed E-state index contributed by atoms with van der Waals surface area (Å²) < 4.78 is 6.53. The van der Waals surface area contributed by atoms with E-state index in [2.05, 4.69) is 55.8 Å². The molecular formula is C16H24BrNO. The molecule has 1 aliphatic rings. The Hall–Kier alpha value is -0.540. The Labute approximate surface area is 124 Å². The van der Waals surface area contributed by atoms with Gasteiger partial charge in [-0.25, -0.2) is 0 Å². The van der Waals surface area contributed by atoms with Crippen molar-refractivity contribution in [2.24, 2.45) is 22.5 Å². The van der Waals surface area contributed by atoms with Crippen LogP contribution in [-0.4, -0.2) is 6.61 Å². The number of hydrogen-bond acceptors (Lipinski definition) is 2. The molecule has 1 aromatic rings. The van der Waals surface area contributed by atoms with E-state index in [1.807, 2.05) is 13.0 Å². The summed E-state index contributed by atoms with van der Waals surface area (Å²) in [5.74, 6) is 1.40. The van der Waals surface area contributed by atoms with Crippen LogP contribution in [0.15, 0.2) is 22.7 Å². The number of rotatable bonds is 4. The lowest BCUT2D eigenvalue weighted by atomic mass is 9.97. The van der Waals surface area contributed by atoms with Crippen molar-refractivity contribution in [3.8, 4) is 5.75 Å². The highest BCUT2D eigenvalue weighted by molar-refractivity contribution is 9.10. The highest BCUT2D eigenvalue weighted by Crippen LogP contribution is 2.71. The number of nitrogens with two attached hydrogens (primary N) is 1. The van der Waals surface area contributed by atoms with Gasteiger partial charge in [0.05, 0.1) is 11.1 Å². The van der Waals surface area contributed by atoms with E-state index < -0.39 is 0 Å². The SMILES string of the molecule is CCOc1ccc(C(N)C2C(C)(C)C2(C)C)cc1Br. The van der Waals surface area contributed by atoms with E-state index in [9.17, 15) is 0 Å². The van der Waals surface area contributed by atoms with Crippen molar-refractivity contribution in [3.05, 3.63) is 28.2 Å². The van der Waals surface area contributed by atoms with Crippen LogP contribution in [0.4, 0.5) is 0 Å². The molecule has 1 fully saturated rings. The van der Waals surface area contributed by atoms with E-state index in [0.717, 1.165) is 10.2 Å². The molecule has 106 valence electrons. The predicted octanol–water partition coefficient (Wildman–Crippen LogP) is 4.53. The molecule has 2 rings (SSSR count). The molecule has 1 saturated carbocycles. The summed E-state index contributed by atoms with van der Waals surface area (Å²) in [6.07, 6.45) is 0. The van der Waals surface area contributed by atoms with Crippen molar-refractivity contribution in [3.63, 3.8) is 0 Å². The second-order valence-corrected chi connectivity index (χ2v) is 7.42. The van der Waals surface area contributed by atoms with Crippen LogP contribution in [0.1, 0.15) is 46.2 Å². The van der Waals surface area contributed by atoms with Gasteiger partial charge in [0.1, 0.15) is 5.75 Å². The average Bonchev–Trinajstić information content (AvgIpc) is 2.72. The lowest BCUT2D eigenvalue weighted by molar-refractivity contribution is 0.338. The van der Waals surface area contributed by atoms with Crippen LogP contribution in [0.2, 0.25) is 0 Å². The lowest BCUT2D eigenvalue weighted by Crippen LogP contribution is -2.16. The Balaban J connectivity index is 2.22. The molecular weight excluding hydrogens is 302 g/mol. The van der Waals surface area contributed by atoms with E-state index in [1.165, 1.54) is 5.56 Å². The molecule has 1 unspecified atom stereocenters. The lowest BCUT2D eigenvalue weighted by Gasteiger charge is -2.16. The van der Waals surface area contributed by atoms with Gasteiger partial charge in [-0.05, 0) is 57.3 Å². The Kier molecular flexibility index (Phi) is 3.74. The zero-order valence-corrected chi connectivity index (χ0v) is 14.0. The monoisotopic (exact) mass is 325 g/mol. The van der Waals surface area contributed by atoms with E-state index in [4.69, 9.17) is 10.5 Å². The van der Waals surface area contributed by atoms with Crippen LogP contribution in [0.3, 0.4) is 0 Å². The van der Waals surface area contributed by atoms with Gasteiger partial charge < -0.3 is 10.5 Å². The summed E-state index contributed by atoms with van der Waals surface area (Å²) in [7, 11) is 0. The first-order valence-corrected chi connectivity index (χ1v) is 7.70. The van der Waals surface area contributed by atoms with Crippen LogP contribution in [0.5, 0.6) is 5.75 Å². The first kappa shape index (κ1) is 14.9. The Bertz CT molecular complexity index is 468. The average molecular weight is 326 g/mol. The Morgan fingerprint density at radius 1 is 1.26 bits per heavy atom. The Morgan fingerprint density at radius 3 is 2.26 bits per heavy atom. The van der Waals surface area contributed by atoms with Crippen LogP contribution in [0.25, 0.3) is 0 Å².